The fourth-order valence-corrected chi connectivity index (χ4v) is 3.39. The van der Waals surface area contributed by atoms with Crippen molar-refractivity contribution in [3.05, 3.63) is 52.8 Å². The second kappa shape index (κ2) is 7.20. The Labute approximate surface area is 151 Å². The van der Waals surface area contributed by atoms with Gasteiger partial charge in [-0.05, 0) is 40.2 Å². The molecular weight excluding hydrogens is 390 g/mol. The molecule has 0 radical (unpaired) electrons. The van der Waals surface area contributed by atoms with E-state index in [1.165, 1.54) is 5.01 Å². The van der Waals surface area contributed by atoms with Crippen molar-refractivity contribution in [1.29, 1.82) is 0 Å². The largest absolute Gasteiger partial charge is 0.320 e. The molecule has 7 nitrogen and oxygen atoms in total. The molecule has 2 aromatic heterocycles. The maximum atomic E-state index is 5.87. The van der Waals surface area contributed by atoms with Gasteiger partial charge in [0, 0.05) is 23.5 Å². The molecule has 2 heterocycles. The third-order valence-corrected chi connectivity index (χ3v) is 4.74. The number of para-hydroxylation sites is 2. The summed E-state index contributed by atoms with van der Waals surface area (Å²) in [6, 6.07) is 11.7. The molecule has 0 aliphatic heterocycles. The molecule has 0 bridgehead atoms. The van der Waals surface area contributed by atoms with E-state index in [2.05, 4.69) is 31.0 Å². The maximum absolute atomic E-state index is 5.87. The fraction of sp³-hybridized carbons (Fsp3) is 0.133. The number of fused-ring (bicyclic) bond motifs is 1. The summed E-state index contributed by atoms with van der Waals surface area (Å²) in [7, 11) is 1.69. The van der Waals surface area contributed by atoms with Crippen LogP contribution in [0.2, 0.25) is 0 Å². The van der Waals surface area contributed by atoms with Gasteiger partial charge in [0.05, 0.1) is 16.7 Å². The van der Waals surface area contributed by atoms with E-state index in [0.717, 1.165) is 26.4 Å². The predicted molar refractivity (Wildman–Crippen MR) is 100 cm³/mol. The maximum Gasteiger partial charge on any atom is 0.243 e. The van der Waals surface area contributed by atoms with Gasteiger partial charge >= 0.3 is 0 Å². The molecule has 0 aliphatic carbocycles. The zero-order valence-corrected chi connectivity index (χ0v) is 15.3. The number of hydrazine groups is 1. The number of hydrogen-bond donors (Lipinski definition) is 2. The van der Waals surface area contributed by atoms with Gasteiger partial charge in [-0.3, -0.25) is 14.6 Å². The molecule has 24 heavy (non-hydrogen) atoms. The van der Waals surface area contributed by atoms with Crippen LogP contribution in [-0.4, -0.2) is 32.6 Å². The van der Waals surface area contributed by atoms with Gasteiger partial charge in [-0.1, -0.05) is 23.9 Å². The number of nitrogens with two attached hydrogens (primary N) is 2. The molecule has 0 amide bonds. The van der Waals surface area contributed by atoms with E-state index in [9.17, 15) is 0 Å². The highest BCUT2D eigenvalue weighted by molar-refractivity contribution is 9.10. The van der Waals surface area contributed by atoms with Crippen LogP contribution in [0, 0.1) is 0 Å². The Bertz CT molecular complexity index is 873. The van der Waals surface area contributed by atoms with E-state index >= 15 is 0 Å². The minimum absolute atomic E-state index is 0.412. The Morgan fingerprint density at radius 1 is 1.33 bits per heavy atom. The number of nitrogens with zero attached hydrogens (tertiary/aromatic N) is 5. The average molecular weight is 406 g/mol. The molecule has 3 rings (SSSR count). The number of halogens is 1. The van der Waals surface area contributed by atoms with E-state index in [-0.39, 0.29) is 0 Å². The van der Waals surface area contributed by atoms with Crippen LogP contribution in [0.4, 0.5) is 0 Å². The Morgan fingerprint density at radius 3 is 2.79 bits per heavy atom. The van der Waals surface area contributed by atoms with Crippen LogP contribution in [0.25, 0.3) is 11.0 Å². The zero-order valence-electron chi connectivity index (χ0n) is 12.9. The van der Waals surface area contributed by atoms with Crippen molar-refractivity contribution in [3.8, 4) is 0 Å². The number of benzene rings is 1. The molecule has 0 saturated carbocycles. The summed E-state index contributed by atoms with van der Waals surface area (Å²) in [5, 5.41) is 5.94. The lowest BCUT2D eigenvalue weighted by atomic mass is 10.3. The van der Waals surface area contributed by atoms with Gasteiger partial charge in [-0.2, -0.15) is 0 Å². The third-order valence-electron chi connectivity index (χ3n) is 3.30. The molecule has 1 aromatic carbocycles. The second-order valence-corrected chi connectivity index (χ2v) is 6.87. The number of pyridine rings is 1. The molecule has 9 heteroatoms. The van der Waals surface area contributed by atoms with E-state index in [0.29, 0.717) is 11.7 Å². The van der Waals surface area contributed by atoms with E-state index in [4.69, 9.17) is 11.7 Å². The lowest BCUT2D eigenvalue weighted by Gasteiger charge is -2.17. The van der Waals surface area contributed by atoms with Crippen LogP contribution >= 0.6 is 27.7 Å². The average Bonchev–Trinajstić information content (AvgIpc) is 2.93. The van der Waals surface area contributed by atoms with Crippen LogP contribution in [0.15, 0.2) is 57.3 Å². The molecule has 0 atom stereocenters. The SMILES string of the molecule is CN(N)/C(=N\N)n1c(SCc2ccc(Br)cn2)nc2ccccc21. The lowest BCUT2D eigenvalue weighted by molar-refractivity contribution is 0.511. The molecule has 0 aliphatic rings. The highest BCUT2D eigenvalue weighted by Gasteiger charge is 2.17. The van der Waals surface area contributed by atoms with Crippen molar-refractivity contribution in [2.75, 3.05) is 7.05 Å². The summed E-state index contributed by atoms with van der Waals surface area (Å²) in [4.78, 5) is 9.05. The number of thioether (sulfide) groups is 1. The first kappa shape index (κ1) is 16.7. The zero-order chi connectivity index (χ0) is 17.1. The summed E-state index contributed by atoms with van der Waals surface area (Å²) >= 11 is 4.93. The number of hydrazone groups is 1. The first-order valence-electron chi connectivity index (χ1n) is 7.07. The Balaban J connectivity index is 1.98. The third kappa shape index (κ3) is 3.37. The minimum Gasteiger partial charge on any atom is -0.320 e. The fourth-order valence-electron chi connectivity index (χ4n) is 2.23. The second-order valence-electron chi connectivity index (χ2n) is 5.01. The van der Waals surface area contributed by atoms with Crippen LogP contribution < -0.4 is 11.7 Å². The van der Waals surface area contributed by atoms with Gasteiger partial charge in [0.15, 0.2) is 5.16 Å². The molecule has 0 unspecified atom stereocenters. The van der Waals surface area contributed by atoms with Crippen LogP contribution in [0.3, 0.4) is 0 Å². The highest BCUT2D eigenvalue weighted by Crippen LogP contribution is 2.26. The van der Waals surface area contributed by atoms with Gasteiger partial charge in [0.2, 0.25) is 5.96 Å². The number of aromatic nitrogens is 3. The Kier molecular flexibility index (Phi) is 5.03. The number of rotatable bonds is 3. The number of hydrogen-bond acceptors (Lipinski definition) is 6. The van der Waals surface area contributed by atoms with Gasteiger partial charge < -0.3 is 5.84 Å². The Hall–Kier alpha value is -2.10. The van der Waals surface area contributed by atoms with Crippen molar-refractivity contribution in [2.24, 2.45) is 16.8 Å². The summed E-state index contributed by atoms with van der Waals surface area (Å²) in [6.07, 6.45) is 1.78. The molecule has 0 saturated heterocycles. The standard InChI is InChI=1S/C15H16BrN7S/c1-22(18)14(21-17)23-13-5-3-2-4-12(13)20-15(23)24-9-11-7-6-10(16)8-19-11/h2-8H,9,17-18H2,1H3/b21-14+. The molecule has 3 aromatic rings. The van der Waals surface area contributed by atoms with Gasteiger partial charge in [-0.15, -0.1) is 5.10 Å². The smallest absolute Gasteiger partial charge is 0.243 e. The molecule has 0 fully saturated rings. The lowest BCUT2D eigenvalue weighted by Crippen LogP contribution is -2.39. The van der Waals surface area contributed by atoms with E-state index in [1.807, 2.05) is 41.0 Å². The van der Waals surface area contributed by atoms with Crippen molar-refractivity contribution in [3.63, 3.8) is 0 Å². The minimum atomic E-state index is 0.412. The first-order valence-corrected chi connectivity index (χ1v) is 8.85. The van der Waals surface area contributed by atoms with E-state index in [1.54, 1.807) is 25.0 Å². The molecule has 0 spiro atoms. The summed E-state index contributed by atoms with van der Waals surface area (Å²) < 4.78 is 2.80. The summed E-state index contributed by atoms with van der Waals surface area (Å²) in [5.41, 5.74) is 2.70. The summed E-state index contributed by atoms with van der Waals surface area (Å²) in [6.45, 7) is 0. The van der Waals surface area contributed by atoms with E-state index < -0.39 is 0 Å². The Morgan fingerprint density at radius 2 is 2.12 bits per heavy atom. The molecule has 4 N–H and O–H groups in total. The molecule has 124 valence electrons. The van der Waals surface area contributed by atoms with Crippen LogP contribution in [-0.2, 0) is 5.75 Å². The highest BCUT2D eigenvalue weighted by atomic mass is 79.9. The summed E-state index contributed by atoms with van der Waals surface area (Å²) in [5.74, 6) is 12.5. The van der Waals surface area contributed by atoms with Crippen molar-refractivity contribution in [1.82, 2.24) is 19.5 Å². The number of imidazole rings is 1. The van der Waals surface area contributed by atoms with Crippen molar-refractivity contribution in [2.45, 2.75) is 10.9 Å². The first-order chi connectivity index (χ1) is 11.6. The topological polar surface area (TPSA) is 98.3 Å². The van der Waals surface area contributed by atoms with Gasteiger partial charge in [-0.25, -0.2) is 10.8 Å². The quantitative estimate of drug-likeness (QED) is 0.228. The predicted octanol–water partition coefficient (Wildman–Crippen LogP) is 2.37. The van der Waals surface area contributed by atoms with Crippen molar-refractivity contribution < 1.29 is 0 Å². The van der Waals surface area contributed by atoms with Gasteiger partial charge in [0.1, 0.15) is 0 Å². The van der Waals surface area contributed by atoms with Crippen LogP contribution in [0.5, 0.6) is 0 Å². The van der Waals surface area contributed by atoms with Gasteiger partial charge in [0.25, 0.3) is 0 Å². The molecular formula is C15H16BrN7S. The van der Waals surface area contributed by atoms with Crippen LogP contribution in [0.1, 0.15) is 5.69 Å². The normalized spacial score (nSPS) is 11.9. The monoisotopic (exact) mass is 405 g/mol. The van der Waals surface area contributed by atoms with Crippen molar-refractivity contribution >= 4 is 44.7 Å².